The highest BCUT2D eigenvalue weighted by Crippen LogP contribution is 2.21. The Morgan fingerprint density at radius 1 is 1.10 bits per heavy atom. The summed E-state index contributed by atoms with van der Waals surface area (Å²) in [5, 5.41) is 5.63. The molecule has 1 aromatic carbocycles. The first-order chi connectivity index (χ1) is 9.47. The number of amides is 2. The molecule has 7 heteroatoms. The Morgan fingerprint density at radius 3 is 2.20 bits per heavy atom. The van der Waals surface area contributed by atoms with Gasteiger partial charge in [0.2, 0.25) is 0 Å². The van der Waals surface area contributed by atoms with E-state index in [1.807, 2.05) is 0 Å². The summed E-state index contributed by atoms with van der Waals surface area (Å²) in [7, 11) is 0. The molecule has 1 aliphatic rings. The highest BCUT2D eigenvalue weighted by Gasteiger charge is 2.24. The van der Waals surface area contributed by atoms with Gasteiger partial charge in [-0.15, -0.1) is 0 Å². The molecule has 1 saturated heterocycles. The van der Waals surface area contributed by atoms with E-state index in [0.29, 0.717) is 10.1 Å². The summed E-state index contributed by atoms with van der Waals surface area (Å²) in [5.74, 6) is -1.12. The van der Waals surface area contributed by atoms with Crippen molar-refractivity contribution in [2.24, 2.45) is 0 Å². The van der Waals surface area contributed by atoms with Gasteiger partial charge >= 0.3 is 0 Å². The van der Waals surface area contributed by atoms with Gasteiger partial charge in [0.25, 0.3) is 11.8 Å². The van der Waals surface area contributed by atoms with Crippen LogP contribution in [0.4, 0.5) is 0 Å². The highest BCUT2D eigenvalue weighted by molar-refractivity contribution is 7.80. The van der Waals surface area contributed by atoms with Crippen molar-refractivity contribution in [2.75, 3.05) is 0 Å². The quantitative estimate of drug-likeness (QED) is 0.498. The maximum Gasteiger partial charge on any atom is 0.263 e. The third-order valence-corrected chi connectivity index (χ3v) is 3.26. The molecular formula is C13H8Cl2N2O2S. The third-order valence-electron chi connectivity index (χ3n) is 2.46. The van der Waals surface area contributed by atoms with E-state index in [4.69, 9.17) is 35.4 Å². The van der Waals surface area contributed by atoms with E-state index < -0.39 is 11.8 Å². The van der Waals surface area contributed by atoms with Gasteiger partial charge in [-0.05, 0) is 42.1 Å². The van der Waals surface area contributed by atoms with E-state index in [-0.39, 0.29) is 10.7 Å². The summed E-state index contributed by atoms with van der Waals surface area (Å²) in [6.45, 7) is 0. The van der Waals surface area contributed by atoms with E-state index in [1.54, 1.807) is 24.3 Å². The van der Waals surface area contributed by atoms with Crippen LogP contribution in [-0.2, 0) is 9.59 Å². The molecule has 1 heterocycles. The third kappa shape index (κ3) is 3.45. The van der Waals surface area contributed by atoms with Crippen LogP contribution in [-0.4, -0.2) is 16.9 Å². The van der Waals surface area contributed by atoms with Gasteiger partial charge in [0, 0.05) is 10.1 Å². The molecule has 1 aliphatic heterocycles. The number of thiocarbonyl (C=S) groups is 1. The zero-order valence-electron chi connectivity index (χ0n) is 9.94. The lowest BCUT2D eigenvalue weighted by atomic mass is 10.1. The summed E-state index contributed by atoms with van der Waals surface area (Å²) >= 11 is 16.6. The normalized spacial score (nSPS) is 15.8. The van der Waals surface area contributed by atoms with Crippen LogP contribution in [0.15, 0.2) is 42.0 Å². The molecular weight excluding hydrogens is 319 g/mol. The predicted molar refractivity (Wildman–Crippen MR) is 82.2 cm³/mol. The van der Waals surface area contributed by atoms with E-state index in [2.05, 4.69) is 10.6 Å². The first-order valence-corrected chi connectivity index (χ1v) is 6.64. The average Bonchev–Trinajstić information content (AvgIpc) is 2.38. The number of hydrogen-bond donors (Lipinski definition) is 2. The van der Waals surface area contributed by atoms with E-state index in [0.717, 1.165) is 5.56 Å². The summed E-state index contributed by atoms with van der Waals surface area (Å²) in [6, 6.07) is 6.85. The molecule has 1 aromatic rings. The van der Waals surface area contributed by atoms with Crippen LogP contribution >= 0.6 is 35.4 Å². The van der Waals surface area contributed by atoms with Crippen molar-refractivity contribution >= 4 is 57.4 Å². The predicted octanol–water partition coefficient (Wildman–Crippen LogP) is 2.38. The fourth-order valence-electron chi connectivity index (χ4n) is 1.49. The van der Waals surface area contributed by atoms with Gasteiger partial charge in [-0.1, -0.05) is 35.3 Å². The lowest BCUT2D eigenvalue weighted by Crippen LogP contribution is -2.51. The van der Waals surface area contributed by atoms with E-state index in [1.165, 1.54) is 12.2 Å². The number of carbonyl (C=O) groups excluding carboxylic acids is 2. The van der Waals surface area contributed by atoms with Gasteiger partial charge in [-0.3, -0.25) is 20.2 Å². The summed E-state index contributed by atoms with van der Waals surface area (Å²) in [5.41, 5.74) is 0.658. The molecule has 2 amide bonds. The number of carbonyl (C=O) groups is 2. The molecule has 0 spiro atoms. The van der Waals surface area contributed by atoms with Crippen LogP contribution in [0.2, 0.25) is 5.02 Å². The second-order valence-electron chi connectivity index (χ2n) is 3.84. The Kier molecular flexibility index (Phi) is 4.54. The first kappa shape index (κ1) is 14.7. The van der Waals surface area contributed by atoms with Crippen LogP contribution in [0.5, 0.6) is 0 Å². The van der Waals surface area contributed by atoms with Crippen molar-refractivity contribution in [1.82, 2.24) is 10.6 Å². The van der Waals surface area contributed by atoms with Gasteiger partial charge in [0.15, 0.2) is 5.11 Å². The molecule has 2 rings (SSSR count). The van der Waals surface area contributed by atoms with Gasteiger partial charge in [0.05, 0.1) is 0 Å². The first-order valence-electron chi connectivity index (χ1n) is 5.47. The number of allylic oxidation sites excluding steroid dienone is 2. The Labute approximate surface area is 130 Å². The van der Waals surface area contributed by atoms with Crippen molar-refractivity contribution in [3.8, 4) is 0 Å². The summed E-state index contributed by atoms with van der Waals surface area (Å²) < 4.78 is 0. The topological polar surface area (TPSA) is 58.2 Å². The van der Waals surface area contributed by atoms with Crippen LogP contribution < -0.4 is 10.6 Å². The van der Waals surface area contributed by atoms with Crippen LogP contribution in [0, 0.1) is 0 Å². The highest BCUT2D eigenvalue weighted by atomic mass is 35.5. The summed E-state index contributed by atoms with van der Waals surface area (Å²) in [6.07, 6.45) is 2.80. The monoisotopic (exact) mass is 326 g/mol. The van der Waals surface area contributed by atoms with Gasteiger partial charge in [-0.2, -0.15) is 0 Å². The van der Waals surface area contributed by atoms with Crippen LogP contribution in [0.1, 0.15) is 5.56 Å². The number of halogens is 2. The number of benzene rings is 1. The largest absolute Gasteiger partial charge is 0.299 e. The molecule has 0 unspecified atom stereocenters. The minimum Gasteiger partial charge on any atom is -0.299 e. The van der Waals surface area contributed by atoms with Crippen molar-refractivity contribution in [2.45, 2.75) is 0 Å². The maximum atomic E-state index is 11.6. The molecule has 0 bridgehead atoms. The molecule has 0 saturated carbocycles. The van der Waals surface area contributed by atoms with Gasteiger partial charge in [0.1, 0.15) is 5.57 Å². The number of hydrogen-bond acceptors (Lipinski definition) is 3. The molecule has 102 valence electrons. The number of nitrogens with one attached hydrogen (secondary N) is 2. The SMILES string of the molecule is O=C1NC(=S)NC(=O)C1=C/C=C(\Cl)c1ccc(Cl)cc1. The molecule has 0 aromatic heterocycles. The van der Waals surface area contributed by atoms with Crippen LogP contribution in [0.3, 0.4) is 0 Å². The fraction of sp³-hybridized carbons (Fsp3) is 0. The molecule has 20 heavy (non-hydrogen) atoms. The van der Waals surface area contributed by atoms with Crippen LogP contribution in [0.25, 0.3) is 5.03 Å². The Balaban J connectivity index is 2.24. The minimum atomic E-state index is -0.560. The zero-order valence-corrected chi connectivity index (χ0v) is 12.3. The molecule has 0 radical (unpaired) electrons. The Morgan fingerprint density at radius 2 is 1.65 bits per heavy atom. The summed E-state index contributed by atoms with van der Waals surface area (Å²) in [4.78, 5) is 23.2. The molecule has 0 aliphatic carbocycles. The second kappa shape index (κ2) is 6.17. The van der Waals surface area contributed by atoms with E-state index in [9.17, 15) is 9.59 Å². The lowest BCUT2D eigenvalue weighted by molar-refractivity contribution is -0.123. The lowest BCUT2D eigenvalue weighted by Gasteiger charge is -2.15. The van der Waals surface area contributed by atoms with Crippen molar-refractivity contribution in [1.29, 1.82) is 0 Å². The smallest absolute Gasteiger partial charge is 0.263 e. The minimum absolute atomic E-state index is 0.00933. The molecule has 2 N–H and O–H groups in total. The van der Waals surface area contributed by atoms with Crippen molar-refractivity contribution < 1.29 is 9.59 Å². The van der Waals surface area contributed by atoms with Gasteiger partial charge < -0.3 is 0 Å². The van der Waals surface area contributed by atoms with Crippen molar-refractivity contribution in [3.05, 3.63) is 52.6 Å². The Hall–Kier alpha value is -1.69. The Bertz CT molecular complexity index is 629. The molecule has 1 fully saturated rings. The fourth-order valence-corrected chi connectivity index (χ4v) is 1.99. The van der Waals surface area contributed by atoms with Crippen molar-refractivity contribution in [3.63, 3.8) is 0 Å². The second-order valence-corrected chi connectivity index (χ2v) is 5.09. The average molecular weight is 327 g/mol. The van der Waals surface area contributed by atoms with Gasteiger partial charge in [-0.25, -0.2) is 0 Å². The number of rotatable bonds is 2. The van der Waals surface area contributed by atoms with E-state index >= 15 is 0 Å². The maximum absolute atomic E-state index is 11.6. The standard InChI is InChI=1S/C13H8Cl2N2O2S/c14-8-3-1-7(2-4-8)10(15)6-5-9-11(18)16-13(20)17-12(9)19/h1-6H,(H2,16,17,18,19,20)/b10-6-. The molecule has 4 nitrogen and oxygen atoms in total. The molecule has 0 atom stereocenters. The zero-order chi connectivity index (χ0) is 14.7.